The molecule has 2 N–H and O–H groups in total. The van der Waals surface area contributed by atoms with Gasteiger partial charge in [-0.3, -0.25) is 4.79 Å². The van der Waals surface area contributed by atoms with E-state index in [1.54, 1.807) is 0 Å². The van der Waals surface area contributed by atoms with Crippen molar-refractivity contribution in [2.24, 2.45) is 23.7 Å². The van der Waals surface area contributed by atoms with Gasteiger partial charge >= 0.3 is 0 Å². The molecule has 0 heterocycles. The van der Waals surface area contributed by atoms with E-state index in [2.05, 4.69) is 26.1 Å². The maximum Gasteiger partial charge on any atom is 0.223 e. The lowest BCUT2D eigenvalue weighted by Crippen LogP contribution is -2.40. The third-order valence-corrected chi connectivity index (χ3v) is 5.59. The van der Waals surface area contributed by atoms with Gasteiger partial charge in [-0.05, 0) is 48.6 Å². The minimum Gasteiger partial charge on any atom is -0.493 e. The minimum atomic E-state index is 0.134. The van der Waals surface area contributed by atoms with Crippen molar-refractivity contribution >= 4 is 5.91 Å². The van der Waals surface area contributed by atoms with E-state index in [0.29, 0.717) is 37.3 Å². The number of ether oxygens (including phenoxy) is 1. The van der Waals surface area contributed by atoms with Crippen molar-refractivity contribution in [1.29, 1.82) is 0 Å². The van der Waals surface area contributed by atoms with E-state index in [9.17, 15) is 4.79 Å². The molecular formula is C22H35NO3. The van der Waals surface area contributed by atoms with Crippen molar-refractivity contribution in [3.8, 4) is 5.75 Å². The summed E-state index contributed by atoms with van der Waals surface area (Å²) in [6, 6.07) is 7.94. The molecule has 0 unspecified atom stereocenters. The summed E-state index contributed by atoms with van der Waals surface area (Å²) >= 11 is 0. The first-order valence-corrected chi connectivity index (χ1v) is 10.1. The first-order valence-electron chi connectivity index (χ1n) is 10.1. The van der Waals surface area contributed by atoms with Crippen LogP contribution in [-0.2, 0) is 11.2 Å². The number of nitrogens with one attached hydrogen (secondary N) is 1. The van der Waals surface area contributed by atoms with E-state index in [1.165, 1.54) is 12.8 Å². The van der Waals surface area contributed by atoms with Gasteiger partial charge in [0.25, 0.3) is 0 Å². The van der Waals surface area contributed by atoms with Gasteiger partial charge in [0.2, 0.25) is 5.91 Å². The minimum absolute atomic E-state index is 0.134. The molecule has 3 atom stereocenters. The van der Waals surface area contributed by atoms with Crippen molar-refractivity contribution in [3.63, 3.8) is 0 Å². The molecule has 1 aliphatic rings. The van der Waals surface area contributed by atoms with Gasteiger partial charge in [0.15, 0.2) is 0 Å². The van der Waals surface area contributed by atoms with Gasteiger partial charge in [-0.1, -0.05) is 45.4 Å². The summed E-state index contributed by atoms with van der Waals surface area (Å²) in [5.41, 5.74) is 1.10. The molecule has 0 aliphatic heterocycles. The lowest BCUT2D eigenvalue weighted by Gasteiger charge is -2.36. The van der Waals surface area contributed by atoms with Crippen molar-refractivity contribution in [3.05, 3.63) is 29.8 Å². The Bertz CT molecular complexity index is 558. The SMILES string of the molecule is CC(C)[C@@H]1CC[C@@H](C)C[C@H]1C(=O)NCCc1ccccc1OCCCO. The number of hydrogen-bond donors (Lipinski definition) is 2. The molecule has 26 heavy (non-hydrogen) atoms. The van der Waals surface area contributed by atoms with Crippen LogP contribution in [0.5, 0.6) is 5.75 Å². The Morgan fingerprint density at radius 1 is 1.31 bits per heavy atom. The van der Waals surface area contributed by atoms with E-state index in [-0.39, 0.29) is 18.4 Å². The first kappa shape index (κ1) is 20.8. The second kappa shape index (κ2) is 10.6. The Labute approximate surface area is 158 Å². The van der Waals surface area contributed by atoms with Crippen LogP contribution in [0.15, 0.2) is 24.3 Å². The van der Waals surface area contributed by atoms with Crippen LogP contribution in [0.4, 0.5) is 0 Å². The first-order chi connectivity index (χ1) is 12.5. The smallest absolute Gasteiger partial charge is 0.223 e. The predicted molar refractivity (Wildman–Crippen MR) is 105 cm³/mol. The van der Waals surface area contributed by atoms with E-state index >= 15 is 0 Å². The normalized spacial score (nSPS) is 23.0. The molecule has 0 aromatic heterocycles. The van der Waals surface area contributed by atoms with E-state index in [1.807, 2.05) is 24.3 Å². The number of para-hydroxylation sites is 1. The van der Waals surface area contributed by atoms with Gasteiger partial charge < -0.3 is 15.2 Å². The number of hydrogen-bond acceptors (Lipinski definition) is 3. The van der Waals surface area contributed by atoms with E-state index in [0.717, 1.165) is 24.2 Å². The second-order valence-corrected chi connectivity index (χ2v) is 8.01. The van der Waals surface area contributed by atoms with Crippen LogP contribution in [0, 0.1) is 23.7 Å². The van der Waals surface area contributed by atoms with Crippen LogP contribution in [0.2, 0.25) is 0 Å². The van der Waals surface area contributed by atoms with Gasteiger partial charge in [0.05, 0.1) is 6.61 Å². The zero-order valence-corrected chi connectivity index (χ0v) is 16.5. The highest BCUT2D eigenvalue weighted by molar-refractivity contribution is 5.79. The molecule has 2 rings (SSSR count). The van der Waals surface area contributed by atoms with Crippen LogP contribution in [0.25, 0.3) is 0 Å². The van der Waals surface area contributed by atoms with Gasteiger partial charge in [0, 0.05) is 25.5 Å². The fraction of sp³-hybridized carbons (Fsp3) is 0.682. The summed E-state index contributed by atoms with van der Waals surface area (Å²) in [5.74, 6) is 2.91. The van der Waals surface area contributed by atoms with Crippen LogP contribution in [0.1, 0.15) is 52.0 Å². The number of aliphatic hydroxyl groups is 1. The van der Waals surface area contributed by atoms with Crippen molar-refractivity contribution in [2.45, 2.75) is 52.9 Å². The van der Waals surface area contributed by atoms with E-state index in [4.69, 9.17) is 9.84 Å². The molecule has 4 heteroatoms. The molecular weight excluding hydrogens is 326 g/mol. The predicted octanol–water partition coefficient (Wildman–Crippen LogP) is 3.81. The van der Waals surface area contributed by atoms with Gasteiger partial charge in [-0.2, -0.15) is 0 Å². The molecule has 0 saturated heterocycles. The molecule has 1 aliphatic carbocycles. The molecule has 4 nitrogen and oxygen atoms in total. The highest BCUT2D eigenvalue weighted by atomic mass is 16.5. The molecule has 1 aromatic carbocycles. The zero-order valence-electron chi connectivity index (χ0n) is 16.5. The second-order valence-electron chi connectivity index (χ2n) is 8.01. The van der Waals surface area contributed by atoms with Gasteiger partial charge in [0.1, 0.15) is 5.75 Å². The van der Waals surface area contributed by atoms with Gasteiger partial charge in [-0.25, -0.2) is 0 Å². The summed E-state index contributed by atoms with van der Waals surface area (Å²) in [4.78, 5) is 12.8. The highest BCUT2D eigenvalue weighted by Crippen LogP contribution is 2.38. The average Bonchev–Trinajstić information content (AvgIpc) is 2.62. The number of benzene rings is 1. The summed E-state index contributed by atoms with van der Waals surface area (Å²) in [6.45, 7) is 8.01. The molecule has 1 amide bonds. The largest absolute Gasteiger partial charge is 0.493 e. The molecule has 146 valence electrons. The van der Waals surface area contributed by atoms with Crippen LogP contribution in [-0.4, -0.2) is 30.8 Å². The number of aliphatic hydroxyl groups excluding tert-OH is 1. The molecule has 0 bridgehead atoms. The maximum absolute atomic E-state index is 12.8. The summed E-state index contributed by atoms with van der Waals surface area (Å²) in [5, 5.41) is 12.1. The standard InChI is InChI=1S/C22H35NO3/c1-16(2)19-10-9-17(3)15-20(19)22(25)23-12-11-18-7-4-5-8-21(18)26-14-6-13-24/h4-5,7-8,16-17,19-20,24H,6,9-15H2,1-3H3,(H,23,25)/t17-,19+,20-/m1/s1. The summed E-state index contributed by atoms with van der Waals surface area (Å²) in [6.07, 6.45) is 4.80. The quantitative estimate of drug-likeness (QED) is 0.658. The third-order valence-electron chi connectivity index (χ3n) is 5.59. The van der Waals surface area contributed by atoms with Crippen LogP contribution < -0.4 is 10.1 Å². The number of rotatable bonds is 9. The zero-order chi connectivity index (χ0) is 18.9. The van der Waals surface area contributed by atoms with E-state index < -0.39 is 0 Å². The Hall–Kier alpha value is -1.55. The molecule has 0 radical (unpaired) electrons. The van der Waals surface area contributed by atoms with Crippen molar-refractivity contribution in [2.75, 3.05) is 19.8 Å². The number of amides is 1. The van der Waals surface area contributed by atoms with Gasteiger partial charge in [-0.15, -0.1) is 0 Å². The summed E-state index contributed by atoms with van der Waals surface area (Å²) in [7, 11) is 0. The maximum atomic E-state index is 12.8. The number of carbonyl (C=O) groups is 1. The fourth-order valence-electron chi connectivity index (χ4n) is 4.05. The summed E-state index contributed by atoms with van der Waals surface area (Å²) < 4.78 is 5.74. The monoisotopic (exact) mass is 361 g/mol. The fourth-order valence-corrected chi connectivity index (χ4v) is 4.05. The topological polar surface area (TPSA) is 58.6 Å². The Balaban J connectivity index is 1.87. The molecule has 1 fully saturated rings. The lowest BCUT2D eigenvalue weighted by molar-refractivity contribution is -0.129. The number of carbonyl (C=O) groups excluding carboxylic acids is 1. The Morgan fingerprint density at radius 2 is 2.08 bits per heavy atom. The van der Waals surface area contributed by atoms with Crippen LogP contribution in [0.3, 0.4) is 0 Å². The van der Waals surface area contributed by atoms with Crippen LogP contribution >= 0.6 is 0 Å². The molecule has 1 aromatic rings. The van der Waals surface area contributed by atoms with Crippen molar-refractivity contribution in [1.82, 2.24) is 5.32 Å². The molecule has 1 saturated carbocycles. The molecule has 0 spiro atoms. The third kappa shape index (κ3) is 6.01. The average molecular weight is 362 g/mol. The highest BCUT2D eigenvalue weighted by Gasteiger charge is 2.35. The lowest BCUT2D eigenvalue weighted by atomic mass is 9.70. The Morgan fingerprint density at radius 3 is 2.81 bits per heavy atom. The van der Waals surface area contributed by atoms with Crippen molar-refractivity contribution < 1.29 is 14.6 Å². The Kier molecular flexibility index (Phi) is 8.43.